The molecular formula is C19H24BrN3O5. The number of pyridine rings is 1. The van der Waals surface area contributed by atoms with E-state index in [4.69, 9.17) is 14.2 Å². The molecule has 0 spiro atoms. The Labute approximate surface area is 171 Å². The molecule has 2 aliphatic rings. The number of hydrogen-bond donors (Lipinski definition) is 3. The summed E-state index contributed by atoms with van der Waals surface area (Å²) in [5.74, 6) is 0. The Kier molecular flexibility index (Phi) is 6.10. The molecule has 4 rings (SSSR count). The molecular weight excluding hydrogens is 430 g/mol. The van der Waals surface area contributed by atoms with Crippen molar-refractivity contribution in [3.05, 3.63) is 34.7 Å². The second-order valence-corrected chi connectivity index (χ2v) is 8.14. The molecule has 0 aliphatic carbocycles. The number of ether oxygens (including phenoxy) is 3. The van der Waals surface area contributed by atoms with Crippen molar-refractivity contribution in [1.29, 1.82) is 0 Å². The van der Waals surface area contributed by atoms with Crippen LogP contribution in [0.5, 0.6) is 0 Å². The van der Waals surface area contributed by atoms with Crippen LogP contribution in [0, 0.1) is 0 Å². The average molecular weight is 454 g/mol. The van der Waals surface area contributed by atoms with Gasteiger partial charge < -0.3 is 24.4 Å². The van der Waals surface area contributed by atoms with Crippen molar-refractivity contribution in [3.63, 3.8) is 0 Å². The minimum Gasteiger partial charge on any atom is -0.388 e. The van der Waals surface area contributed by atoms with E-state index in [2.05, 4.69) is 31.1 Å². The second-order valence-electron chi connectivity index (χ2n) is 7.22. The fraction of sp³-hybridized carbons (Fsp3) is 0.579. The van der Waals surface area contributed by atoms with Crippen molar-refractivity contribution in [3.8, 4) is 11.3 Å². The minimum absolute atomic E-state index is 0.341. The largest absolute Gasteiger partial charge is 0.388 e. The lowest BCUT2D eigenvalue weighted by atomic mass is 9.92. The maximum Gasteiger partial charge on any atom is 0.158 e. The van der Waals surface area contributed by atoms with Crippen LogP contribution in [0.25, 0.3) is 11.3 Å². The number of aliphatic hydroxyl groups is 2. The average Bonchev–Trinajstić information content (AvgIpc) is 3.15. The Morgan fingerprint density at radius 3 is 2.86 bits per heavy atom. The summed E-state index contributed by atoms with van der Waals surface area (Å²) < 4.78 is 18.3. The Bertz CT molecular complexity index is 801. The lowest BCUT2D eigenvalue weighted by molar-refractivity contribution is -0.325. The van der Waals surface area contributed by atoms with Crippen LogP contribution in [0.3, 0.4) is 0 Å². The maximum absolute atomic E-state index is 10.6. The fourth-order valence-corrected chi connectivity index (χ4v) is 4.04. The van der Waals surface area contributed by atoms with Crippen molar-refractivity contribution in [2.45, 2.75) is 63.0 Å². The van der Waals surface area contributed by atoms with Crippen LogP contribution in [-0.4, -0.2) is 68.8 Å². The van der Waals surface area contributed by atoms with Gasteiger partial charge in [-0.2, -0.15) is 5.10 Å². The first kappa shape index (κ1) is 19.9. The highest BCUT2D eigenvalue weighted by Crippen LogP contribution is 2.31. The van der Waals surface area contributed by atoms with Gasteiger partial charge in [0.1, 0.15) is 24.4 Å². The van der Waals surface area contributed by atoms with Crippen molar-refractivity contribution in [1.82, 2.24) is 15.2 Å². The molecule has 9 heteroatoms. The van der Waals surface area contributed by atoms with E-state index in [1.54, 1.807) is 12.4 Å². The standard InChI is InChI=1S/C19H24BrN3O5/c1-2-3-16-26-9-15-19(28-16)18(25)17(24)14(27-15)6-12-5-13(23-22-12)10-4-11(20)8-21-7-10/h4-5,7-8,14-19,24-25H,2-3,6,9H2,1H3,(H,22,23)/t14-,15+,16?,17-,18+,19+/m0/s1. The topological polar surface area (TPSA) is 110 Å². The normalized spacial score (nSPS) is 32.9. The van der Waals surface area contributed by atoms with E-state index in [0.29, 0.717) is 13.0 Å². The summed E-state index contributed by atoms with van der Waals surface area (Å²) in [5.41, 5.74) is 2.42. The van der Waals surface area contributed by atoms with Gasteiger partial charge in [-0.1, -0.05) is 13.3 Å². The summed E-state index contributed by atoms with van der Waals surface area (Å²) in [6.45, 7) is 2.38. The Hall–Kier alpha value is -1.36. The number of nitrogens with zero attached hydrogens (tertiary/aromatic N) is 2. The number of H-pyrrole nitrogens is 1. The summed E-state index contributed by atoms with van der Waals surface area (Å²) in [5, 5.41) is 28.4. The number of hydrogen-bond acceptors (Lipinski definition) is 7. The molecule has 2 saturated heterocycles. The zero-order chi connectivity index (χ0) is 19.7. The van der Waals surface area contributed by atoms with Gasteiger partial charge in [-0.3, -0.25) is 10.1 Å². The van der Waals surface area contributed by atoms with Crippen LogP contribution in [0.2, 0.25) is 0 Å². The molecule has 2 aliphatic heterocycles. The summed E-state index contributed by atoms with van der Waals surface area (Å²) >= 11 is 3.40. The number of aliphatic hydroxyl groups excluding tert-OH is 2. The molecule has 2 aromatic rings. The lowest BCUT2D eigenvalue weighted by Crippen LogP contribution is -2.63. The summed E-state index contributed by atoms with van der Waals surface area (Å²) in [4.78, 5) is 4.15. The van der Waals surface area contributed by atoms with E-state index in [9.17, 15) is 10.2 Å². The molecule has 0 amide bonds. The molecule has 1 unspecified atom stereocenters. The third-order valence-corrected chi connectivity index (χ3v) is 5.55. The predicted octanol–water partition coefficient (Wildman–Crippen LogP) is 1.81. The molecule has 2 aromatic heterocycles. The number of rotatable bonds is 5. The molecule has 0 radical (unpaired) electrons. The molecule has 4 heterocycles. The zero-order valence-electron chi connectivity index (χ0n) is 15.5. The van der Waals surface area contributed by atoms with E-state index in [0.717, 1.165) is 34.3 Å². The van der Waals surface area contributed by atoms with Gasteiger partial charge in [0.2, 0.25) is 0 Å². The van der Waals surface area contributed by atoms with Gasteiger partial charge in [0.25, 0.3) is 0 Å². The number of nitrogens with one attached hydrogen (secondary N) is 1. The van der Waals surface area contributed by atoms with Gasteiger partial charge in [-0.25, -0.2) is 0 Å². The molecule has 28 heavy (non-hydrogen) atoms. The summed E-state index contributed by atoms with van der Waals surface area (Å²) in [6.07, 6.45) is 1.47. The van der Waals surface area contributed by atoms with Gasteiger partial charge in [0.05, 0.1) is 18.4 Å². The molecule has 8 nitrogen and oxygen atoms in total. The van der Waals surface area contributed by atoms with E-state index in [1.807, 2.05) is 19.1 Å². The van der Waals surface area contributed by atoms with Crippen molar-refractivity contribution in [2.75, 3.05) is 6.61 Å². The number of fused-ring (bicyclic) bond motifs is 1. The van der Waals surface area contributed by atoms with Crippen LogP contribution in [0.4, 0.5) is 0 Å². The van der Waals surface area contributed by atoms with Gasteiger partial charge in [0, 0.05) is 34.5 Å². The fourth-order valence-electron chi connectivity index (χ4n) is 3.67. The molecule has 152 valence electrons. The predicted molar refractivity (Wildman–Crippen MR) is 103 cm³/mol. The Balaban J connectivity index is 1.43. The van der Waals surface area contributed by atoms with E-state index >= 15 is 0 Å². The van der Waals surface area contributed by atoms with Crippen LogP contribution < -0.4 is 0 Å². The quantitative estimate of drug-likeness (QED) is 0.632. The minimum atomic E-state index is -1.05. The monoisotopic (exact) mass is 453 g/mol. The molecule has 0 aromatic carbocycles. The highest BCUT2D eigenvalue weighted by atomic mass is 79.9. The maximum atomic E-state index is 10.6. The van der Waals surface area contributed by atoms with E-state index in [1.165, 1.54) is 0 Å². The van der Waals surface area contributed by atoms with Gasteiger partial charge >= 0.3 is 0 Å². The van der Waals surface area contributed by atoms with Crippen molar-refractivity contribution >= 4 is 15.9 Å². The summed E-state index contributed by atoms with van der Waals surface area (Å²) in [7, 11) is 0. The molecule has 3 N–H and O–H groups in total. The van der Waals surface area contributed by atoms with Crippen molar-refractivity contribution < 1.29 is 24.4 Å². The Morgan fingerprint density at radius 1 is 1.21 bits per heavy atom. The molecule has 6 atom stereocenters. The second kappa shape index (κ2) is 8.56. The highest BCUT2D eigenvalue weighted by molar-refractivity contribution is 9.10. The van der Waals surface area contributed by atoms with Crippen LogP contribution >= 0.6 is 15.9 Å². The van der Waals surface area contributed by atoms with E-state index < -0.39 is 30.5 Å². The molecule has 2 fully saturated rings. The lowest BCUT2D eigenvalue weighted by Gasteiger charge is -2.46. The number of aromatic nitrogens is 3. The molecule has 0 saturated carbocycles. The van der Waals surface area contributed by atoms with Crippen molar-refractivity contribution in [2.24, 2.45) is 0 Å². The first-order valence-corrected chi connectivity index (χ1v) is 10.3. The van der Waals surface area contributed by atoms with Gasteiger partial charge in [0.15, 0.2) is 6.29 Å². The van der Waals surface area contributed by atoms with Gasteiger partial charge in [-0.15, -0.1) is 0 Å². The molecule has 0 bridgehead atoms. The van der Waals surface area contributed by atoms with Gasteiger partial charge in [-0.05, 0) is 34.5 Å². The smallest absolute Gasteiger partial charge is 0.158 e. The zero-order valence-corrected chi connectivity index (χ0v) is 17.1. The van der Waals surface area contributed by atoms with Crippen LogP contribution in [-0.2, 0) is 20.6 Å². The van der Waals surface area contributed by atoms with Crippen LogP contribution in [0.15, 0.2) is 29.0 Å². The van der Waals surface area contributed by atoms with Crippen LogP contribution in [0.1, 0.15) is 25.5 Å². The SMILES string of the molecule is CCCC1OC[C@H]2O[C@@H](Cc3cc(-c4cncc(Br)c4)n[nH]3)[C@H](O)[C@@H](O)[C@@H]2O1. The highest BCUT2D eigenvalue weighted by Gasteiger charge is 2.48. The third-order valence-electron chi connectivity index (χ3n) is 5.12. The van der Waals surface area contributed by atoms with E-state index in [-0.39, 0.29) is 6.29 Å². The summed E-state index contributed by atoms with van der Waals surface area (Å²) in [6, 6.07) is 3.82. The first-order valence-electron chi connectivity index (χ1n) is 9.49. The first-order chi connectivity index (χ1) is 13.5. The number of halogens is 1. The number of aromatic amines is 1. The third kappa shape index (κ3) is 4.14. The Morgan fingerprint density at radius 2 is 2.07 bits per heavy atom.